The Morgan fingerprint density at radius 3 is 2.17 bits per heavy atom. The predicted molar refractivity (Wildman–Crippen MR) is 137 cm³/mol. The summed E-state index contributed by atoms with van der Waals surface area (Å²) in [7, 11) is -3.78. The Kier molecular flexibility index (Phi) is 11.0. The molecule has 5 nitrogen and oxygen atoms in total. The standard InChI is InChI=1S/C20H28F3NO4S.C3H4.2C2H6/c1-18-11-9-17(25)24(3)15(18)6-4-12-13-5-7-16(19(13,2)10-8-14(12)18)28-29(26,27)20(21,22)23;1-3-2;2*1-2/h7,12-15H,4-6,8-11H2,1-3H3;1H,2H3;2*1-2H3. The Balaban J connectivity index is 0.000000844. The van der Waals surface area contributed by atoms with Crippen molar-refractivity contribution in [2.75, 3.05) is 7.05 Å². The van der Waals surface area contributed by atoms with Crippen LogP contribution in [0.1, 0.15) is 93.4 Å². The zero-order valence-corrected chi connectivity index (χ0v) is 23.9. The second-order valence-corrected chi connectivity index (χ2v) is 11.6. The van der Waals surface area contributed by atoms with Crippen LogP contribution < -0.4 is 0 Å². The van der Waals surface area contributed by atoms with E-state index < -0.39 is 21.0 Å². The molecular formula is C27H44F3NO4S. The maximum absolute atomic E-state index is 12.8. The van der Waals surface area contributed by atoms with E-state index in [-0.39, 0.29) is 29.0 Å². The molecule has 9 heteroatoms. The van der Waals surface area contributed by atoms with Crippen LogP contribution in [-0.4, -0.2) is 37.8 Å². The summed E-state index contributed by atoms with van der Waals surface area (Å²) >= 11 is 0. The fourth-order valence-corrected chi connectivity index (χ4v) is 7.56. The van der Waals surface area contributed by atoms with Crippen LogP contribution >= 0.6 is 0 Å². The normalized spacial score (nSPS) is 34.9. The summed E-state index contributed by atoms with van der Waals surface area (Å²) < 4.78 is 66.3. The van der Waals surface area contributed by atoms with Gasteiger partial charge in [-0.3, -0.25) is 4.79 Å². The molecule has 3 fully saturated rings. The number of fused-ring (bicyclic) bond motifs is 5. The molecule has 3 aliphatic carbocycles. The number of amides is 1. The lowest BCUT2D eigenvalue weighted by molar-refractivity contribution is -0.156. The van der Waals surface area contributed by atoms with Crippen LogP contribution in [-0.2, 0) is 19.1 Å². The van der Waals surface area contributed by atoms with Gasteiger partial charge in [-0.1, -0.05) is 41.5 Å². The zero-order chi connectivity index (χ0) is 28.1. The first kappa shape index (κ1) is 32.3. The van der Waals surface area contributed by atoms with E-state index in [2.05, 4.69) is 23.5 Å². The fourth-order valence-electron chi connectivity index (χ4n) is 6.97. The molecule has 0 aromatic heterocycles. The monoisotopic (exact) mass is 535 g/mol. The van der Waals surface area contributed by atoms with E-state index >= 15 is 0 Å². The van der Waals surface area contributed by atoms with Crippen molar-refractivity contribution in [1.82, 2.24) is 4.90 Å². The lowest BCUT2D eigenvalue weighted by Crippen LogP contribution is -2.61. The average molecular weight is 536 g/mol. The van der Waals surface area contributed by atoms with Crippen LogP contribution in [0.25, 0.3) is 0 Å². The third kappa shape index (κ3) is 5.74. The van der Waals surface area contributed by atoms with E-state index in [0.29, 0.717) is 31.1 Å². The van der Waals surface area contributed by atoms with Crippen LogP contribution in [0.5, 0.6) is 0 Å². The van der Waals surface area contributed by atoms with Crippen molar-refractivity contribution in [1.29, 1.82) is 0 Å². The molecular weight excluding hydrogens is 491 g/mol. The first-order valence-corrected chi connectivity index (χ1v) is 14.5. The van der Waals surface area contributed by atoms with Gasteiger partial charge < -0.3 is 9.08 Å². The van der Waals surface area contributed by atoms with E-state index in [4.69, 9.17) is 0 Å². The van der Waals surface area contributed by atoms with Crippen molar-refractivity contribution < 1.29 is 30.6 Å². The number of terminal acetylenes is 1. The Morgan fingerprint density at radius 1 is 1.08 bits per heavy atom. The van der Waals surface area contributed by atoms with Crippen LogP contribution in [0.15, 0.2) is 11.8 Å². The molecule has 1 amide bonds. The van der Waals surface area contributed by atoms with Gasteiger partial charge in [-0.2, -0.15) is 21.6 Å². The maximum Gasteiger partial charge on any atom is 0.534 e. The molecule has 1 aliphatic heterocycles. The minimum Gasteiger partial charge on any atom is -0.380 e. The van der Waals surface area contributed by atoms with Crippen LogP contribution in [0.3, 0.4) is 0 Å². The minimum atomic E-state index is -5.66. The number of piperidine rings is 1. The summed E-state index contributed by atoms with van der Waals surface area (Å²) in [5.41, 5.74) is -6.13. The molecule has 0 radical (unpaired) electrons. The Morgan fingerprint density at radius 2 is 1.64 bits per heavy atom. The van der Waals surface area contributed by atoms with Gasteiger partial charge in [-0.15, -0.1) is 12.3 Å². The molecule has 0 N–H and O–H groups in total. The molecule has 6 atom stereocenters. The average Bonchev–Trinajstić information content (AvgIpc) is 3.15. The molecule has 4 aliphatic rings. The number of allylic oxidation sites excluding steroid dienone is 2. The quantitative estimate of drug-likeness (QED) is 0.219. The van der Waals surface area contributed by atoms with Gasteiger partial charge in [-0.05, 0) is 74.7 Å². The number of halogens is 3. The maximum atomic E-state index is 12.8. The fraction of sp³-hybridized carbons (Fsp3) is 0.815. The lowest BCUT2D eigenvalue weighted by atomic mass is 9.47. The molecule has 1 heterocycles. The van der Waals surface area contributed by atoms with E-state index in [0.717, 1.165) is 25.7 Å². The summed E-state index contributed by atoms with van der Waals surface area (Å²) in [6.45, 7) is 13.8. The van der Waals surface area contributed by atoms with Crippen LogP contribution in [0, 0.1) is 40.9 Å². The highest BCUT2D eigenvalue weighted by Crippen LogP contribution is 2.65. The summed E-state index contributed by atoms with van der Waals surface area (Å²) in [5, 5.41) is 0. The summed E-state index contributed by atoms with van der Waals surface area (Å²) in [5.74, 6) is 3.13. The van der Waals surface area contributed by atoms with Crippen molar-refractivity contribution in [3.63, 3.8) is 0 Å². The highest BCUT2D eigenvalue weighted by molar-refractivity contribution is 7.87. The van der Waals surface area contributed by atoms with Crippen molar-refractivity contribution in [3.8, 4) is 12.3 Å². The zero-order valence-electron chi connectivity index (χ0n) is 23.0. The topological polar surface area (TPSA) is 63.7 Å². The third-order valence-electron chi connectivity index (χ3n) is 8.55. The minimum absolute atomic E-state index is 0.00539. The van der Waals surface area contributed by atoms with E-state index in [1.54, 1.807) is 13.0 Å². The van der Waals surface area contributed by atoms with Gasteiger partial charge in [-0.25, -0.2) is 0 Å². The molecule has 1 saturated heterocycles. The number of hydrogen-bond acceptors (Lipinski definition) is 4. The summed E-state index contributed by atoms with van der Waals surface area (Å²) in [6.07, 6.45) is 11.2. The van der Waals surface area contributed by atoms with Crippen molar-refractivity contribution in [2.24, 2.45) is 28.6 Å². The lowest BCUT2D eigenvalue weighted by Gasteiger charge is -2.61. The van der Waals surface area contributed by atoms with Gasteiger partial charge >= 0.3 is 15.6 Å². The van der Waals surface area contributed by atoms with Crippen molar-refractivity contribution in [2.45, 2.75) is 105 Å². The molecule has 6 unspecified atom stereocenters. The first-order chi connectivity index (χ1) is 16.7. The number of likely N-dealkylation sites (tertiary alicyclic amines) is 1. The van der Waals surface area contributed by atoms with E-state index in [1.807, 2.05) is 46.6 Å². The van der Waals surface area contributed by atoms with Crippen molar-refractivity contribution in [3.05, 3.63) is 11.8 Å². The van der Waals surface area contributed by atoms with Crippen molar-refractivity contribution >= 4 is 16.0 Å². The van der Waals surface area contributed by atoms with Gasteiger partial charge in [0.1, 0.15) is 5.76 Å². The van der Waals surface area contributed by atoms with Crippen LogP contribution in [0.4, 0.5) is 13.2 Å². The molecule has 0 aromatic rings. The Hall–Kier alpha value is -1.69. The largest absolute Gasteiger partial charge is 0.534 e. The predicted octanol–water partition coefficient (Wildman–Crippen LogP) is 6.90. The Bertz CT molecular complexity index is 940. The number of nitrogens with zero attached hydrogens (tertiary/aromatic N) is 1. The summed E-state index contributed by atoms with van der Waals surface area (Å²) in [6, 6.07) is 0.199. The van der Waals surface area contributed by atoms with Gasteiger partial charge in [0.2, 0.25) is 5.91 Å². The number of carbonyl (C=O) groups excluding carboxylic acids is 1. The number of rotatable bonds is 2. The second-order valence-electron chi connectivity index (χ2n) is 10.0. The van der Waals surface area contributed by atoms with Gasteiger partial charge in [0, 0.05) is 24.9 Å². The second kappa shape index (κ2) is 12.2. The number of carbonyl (C=O) groups is 1. The first-order valence-electron chi connectivity index (χ1n) is 13.1. The summed E-state index contributed by atoms with van der Waals surface area (Å²) in [4.78, 5) is 14.1. The molecule has 0 spiro atoms. The molecule has 36 heavy (non-hydrogen) atoms. The van der Waals surface area contributed by atoms with E-state index in [9.17, 15) is 26.4 Å². The highest BCUT2D eigenvalue weighted by Gasteiger charge is 2.61. The van der Waals surface area contributed by atoms with Gasteiger partial charge in [0.25, 0.3) is 0 Å². The molecule has 0 bridgehead atoms. The Labute approximate surface area is 216 Å². The third-order valence-corrected chi connectivity index (χ3v) is 9.52. The van der Waals surface area contributed by atoms with Gasteiger partial charge in [0.15, 0.2) is 0 Å². The van der Waals surface area contributed by atoms with E-state index in [1.165, 1.54) is 0 Å². The molecule has 208 valence electrons. The molecule has 4 rings (SSSR count). The van der Waals surface area contributed by atoms with Gasteiger partial charge in [0.05, 0.1) is 0 Å². The number of hydrogen-bond donors (Lipinski definition) is 0. The van der Waals surface area contributed by atoms with Crippen LogP contribution in [0.2, 0.25) is 0 Å². The SMILES string of the molecule is C#CC.CC.CC.CN1C(=O)CCC2(C)C3CCC4(C)C(OS(=O)(=O)C(F)(F)F)=CCC4C3CCC12. The molecule has 0 aromatic carbocycles. The molecule has 2 saturated carbocycles. The smallest absolute Gasteiger partial charge is 0.380 e. The highest BCUT2D eigenvalue weighted by atomic mass is 32.2. The number of alkyl halides is 3.